The van der Waals surface area contributed by atoms with Crippen molar-refractivity contribution in [3.05, 3.63) is 73.7 Å². The number of aromatic nitrogens is 3. The highest BCUT2D eigenvalue weighted by molar-refractivity contribution is 7.99. The van der Waals surface area contributed by atoms with Crippen molar-refractivity contribution in [3.8, 4) is 17.4 Å². The lowest BCUT2D eigenvalue weighted by molar-refractivity contribution is 0.627. The first-order valence-corrected chi connectivity index (χ1v) is 11.1. The van der Waals surface area contributed by atoms with Crippen LogP contribution in [0, 0.1) is 35.0 Å². The van der Waals surface area contributed by atoms with Crippen LogP contribution in [0.15, 0.2) is 52.4 Å². The summed E-state index contributed by atoms with van der Waals surface area (Å²) in [6.45, 7) is 4.00. The summed E-state index contributed by atoms with van der Waals surface area (Å²) in [5, 5.41) is 9.41. The van der Waals surface area contributed by atoms with Gasteiger partial charge in [-0.2, -0.15) is 5.26 Å². The van der Waals surface area contributed by atoms with Crippen molar-refractivity contribution in [2.24, 2.45) is 0 Å². The van der Waals surface area contributed by atoms with E-state index in [-0.39, 0.29) is 11.3 Å². The number of thioether (sulfide) groups is 1. The molecular weight excluding hydrogens is 439 g/mol. The Hall–Kier alpha value is -2.80. The van der Waals surface area contributed by atoms with E-state index in [2.05, 4.69) is 6.07 Å². The Labute approximate surface area is 185 Å². The number of nitrogens with zero attached hydrogens (tertiary/aromatic N) is 4. The topological polar surface area (TPSA) is 63.6 Å². The van der Waals surface area contributed by atoms with E-state index in [1.54, 1.807) is 4.57 Å². The van der Waals surface area contributed by atoms with E-state index in [0.717, 1.165) is 28.6 Å². The van der Waals surface area contributed by atoms with Gasteiger partial charge in [0.1, 0.15) is 10.5 Å². The van der Waals surface area contributed by atoms with Gasteiger partial charge in [-0.3, -0.25) is 13.9 Å². The van der Waals surface area contributed by atoms with Gasteiger partial charge in [-0.1, -0.05) is 40.8 Å². The fourth-order valence-electron chi connectivity index (χ4n) is 3.22. The Balaban J connectivity index is 2.05. The summed E-state index contributed by atoms with van der Waals surface area (Å²) < 4.78 is 17.5. The molecule has 30 heavy (non-hydrogen) atoms. The Morgan fingerprint density at radius 3 is 2.60 bits per heavy atom. The zero-order valence-electron chi connectivity index (χ0n) is 16.0. The summed E-state index contributed by atoms with van der Waals surface area (Å²) in [4.78, 5) is 18.1. The lowest BCUT2D eigenvalue weighted by Crippen LogP contribution is -2.21. The monoisotopic (exact) mass is 454 g/mol. The van der Waals surface area contributed by atoms with Crippen LogP contribution in [0.3, 0.4) is 0 Å². The summed E-state index contributed by atoms with van der Waals surface area (Å²) in [5.74, 6) is -0.281. The summed E-state index contributed by atoms with van der Waals surface area (Å²) in [7, 11) is 0. The van der Waals surface area contributed by atoms with Crippen LogP contribution >= 0.6 is 35.3 Å². The van der Waals surface area contributed by atoms with Gasteiger partial charge in [-0.15, -0.1) is 0 Å². The molecule has 0 fully saturated rings. The predicted molar refractivity (Wildman–Crippen MR) is 121 cm³/mol. The molecule has 4 aromatic rings. The number of halogens is 1. The van der Waals surface area contributed by atoms with E-state index < -0.39 is 5.82 Å². The molecule has 0 radical (unpaired) electrons. The number of hydrogen-bond acceptors (Lipinski definition) is 6. The highest BCUT2D eigenvalue weighted by atomic mass is 32.2. The van der Waals surface area contributed by atoms with Crippen LogP contribution in [0.4, 0.5) is 4.39 Å². The molecule has 2 aromatic heterocycles. The van der Waals surface area contributed by atoms with E-state index in [9.17, 15) is 9.18 Å². The Morgan fingerprint density at radius 1 is 1.20 bits per heavy atom. The molecule has 0 aliphatic carbocycles. The maximum atomic E-state index is 13.4. The fraction of sp³-hybridized carbons (Fsp3) is 0.143. The molecule has 5 nitrogen and oxygen atoms in total. The number of hydrogen-bond donors (Lipinski definition) is 0. The zero-order chi connectivity index (χ0) is 21.4. The number of fused-ring (bicyclic) bond motifs is 1. The van der Waals surface area contributed by atoms with Gasteiger partial charge in [0.2, 0.25) is 0 Å². The number of thiazole rings is 1. The Kier molecular flexibility index (Phi) is 5.56. The van der Waals surface area contributed by atoms with Gasteiger partial charge in [-0.25, -0.2) is 9.37 Å². The van der Waals surface area contributed by atoms with E-state index in [0.29, 0.717) is 25.1 Å². The minimum Gasteiger partial charge on any atom is -0.275 e. The van der Waals surface area contributed by atoms with Crippen molar-refractivity contribution in [2.75, 3.05) is 5.75 Å². The molecule has 0 unspecified atom stereocenters. The second-order valence-corrected chi connectivity index (χ2v) is 9.19. The van der Waals surface area contributed by atoms with Crippen molar-refractivity contribution in [1.82, 2.24) is 14.1 Å². The molecule has 0 aliphatic rings. The minimum atomic E-state index is -0.399. The number of benzene rings is 2. The van der Waals surface area contributed by atoms with Crippen LogP contribution in [-0.4, -0.2) is 19.9 Å². The van der Waals surface area contributed by atoms with Crippen molar-refractivity contribution >= 4 is 45.7 Å². The molecule has 2 heterocycles. The van der Waals surface area contributed by atoms with E-state index in [4.69, 9.17) is 22.5 Å². The third-order valence-corrected chi connectivity index (χ3v) is 6.68. The Bertz CT molecular complexity index is 1430. The molecule has 0 amide bonds. The van der Waals surface area contributed by atoms with Crippen molar-refractivity contribution in [2.45, 2.75) is 19.0 Å². The summed E-state index contributed by atoms with van der Waals surface area (Å²) in [6, 6.07) is 13.7. The molecule has 0 aliphatic heterocycles. The predicted octanol–water partition coefficient (Wildman–Crippen LogP) is 5.34. The molecule has 2 aromatic carbocycles. The van der Waals surface area contributed by atoms with Crippen LogP contribution in [0.25, 0.3) is 21.7 Å². The van der Waals surface area contributed by atoms with Crippen LogP contribution in [0.1, 0.15) is 11.1 Å². The molecule has 150 valence electrons. The molecule has 0 bridgehead atoms. The van der Waals surface area contributed by atoms with Gasteiger partial charge >= 0.3 is 0 Å². The second kappa shape index (κ2) is 8.14. The van der Waals surface area contributed by atoms with Crippen LogP contribution in [0.5, 0.6) is 0 Å². The van der Waals surface area contributed by atoms with Gasteiger partial charge in [0, 0.05) is 0 Å². The normalized spacial score (nSPS) is 11.0. The highest BCUT2D eigenvalue weighted by Gasteiger charge is 2.19. The molecular formula is C21H15FN4OS3. The summed E-state index contributed by atoms with van der Waals surface area (Å²) in [5.41, 5.74) is 3.64. The fourth-order valence-corrected chi connectivity index (χ4v) is 5.17. The first kappa shape index (κ1) is 20.5. The first-order chi connectivity index (χ1) is 14.4. The third kappa shape index (κ3) is 3.58. The van der Waals surface area contributed by atoms with Gasteiger partial charge in [-0.05, 0) is 62.0 Å². The maximum absolute atomic E-state index is 13.4. The molecule has 0 atom stereocenters. The standard InChI is InChI=1S/C21H15FN4OS3/c1-12-3-8-16(13(2)11-12)26-18-17(30-21(26)28)19(27)25(20(24-18)29-10-9-23)15-6-4-14(22)5-7-15/h3-8,11H,10H2,1-2H3. The van der Waals surface area contributed by atoms with Crippen molar-refractivity contribution < 1.29 is 4.39 Å². The van der Waals surface area contributed by atoms with Crippen LogP contribution in [0.2, 0.25) is 0 Å². The number of nitriles is 1. The summed E-state index contributed by atoms with van der Waals surface area (Å²) >= 11 is 7.92. The van der Waals surface area contributed by atoms with Gasteiger partial charge in [0.15, 0.2) is 14.8 Å². The summed E-state index contributed by atoms with van der Waals surface area (Å²) in [6.07, 6.45) is 0. The van der Waals surface area contributed by atoms with E-state index in [1.165, 1.54) is 40.2 Å². The van der Waals surface area contributed by atoms with Crippen LogP contribution < -0.4 is 5.56 Å². The van der Waals surface area contributed by atoms with Crippen molar-refractivity contribution in [1.29, 1.82) is 5.26 Å². The molecule has 4 rings (SSSR count). The third-order valence-electron chi connectivity index (χ3n) is 4.52. The molecule has 9 heteroatoms. The SMILES string of the molecule is Cc1ccc(-n2c(=S)sc3c(=O)n(-c4ccc(F)cc4)c(SCC#N)nc32)c(C)c1. The molecule has 0 saturated heterocycles. The van der Waals surface area contributed by atoms with Crippen LogP contribution in [-0.2, 0) is 0 Å². The first-order valence-electron chi connectivity index (χ1n) is 8.92. The minimum absolute atomic E-state index is 0.119. The van der Waals surface area contributed by atoms with Gasteiger partial charge in [0.25, 0.3) is 5.56 Å². The number of rotatable bonds is 4. The average Bonchev–Trinajstić information content (AvgIpc) is 3.04. The zero-order valence-corrected chi connectivity index (χ0v) is 18.5. The highest BCUT2D eigenvalue weighted by Crippen LogP contribution is 2.28. The van der Waals surface area contributed by atoms with E-state index >= 15 is 0 Å². The van der Waals surface area contributed by atoms with Crippen molar-refractivity contribution in [3.63, 3.8) is 0 Å². The molecule has 0 saturated carbocycles. The van der Waals surface area contributed by atoms with Gasteiger partial charge < -0.3 is 0 Å². The molecule has 0 spiro atoms. The Morgan fingerprint density at radius 2 is 1.93 bits per heavy atom. The smallest absolute Gasteiger partial charge is 0.275 e. The second-order valence-electron chi connectivity index (χ2n) is 6.60. The lowest BCUT2D eigenvalue weighted by Gasteiger charge is -2.13. The maximum Gasteiger partial charge on any atom is 0.278 e. The van der Waals surface area contributed by atoms with Gasteiger partial charge in [0.05, 0.1) is 23.2 Å². The molecule has 0 N–H and O–H groups in total. The number of aryl methyl sites for hydroxylation is 2. The average molecular weight is 455 g/mol. The lowest BCUT2D eigenvalue weighted by atomic mass is 10.1. The quantitative estimate of drug-likeness (QED) is 0.237. The van der Waals surface area contributed by atoms with E-state index in [1.807, 2.05) is 32.0 Å². The largest absolute Gasteiger partial charge is 0.278 e.